The van der Waals surface area contributed by atoms with E-state index in [2.05, 4.69) is 15.5 Å². The van der Waals surface area contributed by atoms with Crippen molar-refractivity contribution in [3.05, 3.63) is 47.9 Å². The van der Waals surface area contributed by atoms with Crippen LogP contribution in [0.5, 0.6) is 0 Å². The smallest absolute Gasteiger partial charge is 0.277 e. The molecule has 1 N–H and O–H groups in total. The van der Waals surface area contributed by atoms with Gasteiger partial charge in [0.2, 0.25) is 5.91 Å². The van der Waals surface area contributed by atoms with Crippen LogP contribution in [0.4, 0.5) is 5.69 Å². The zero-order chi connectivity index (χ0) is 19.4. The van der Waals surface area contributed by atoms with Crippen LogP contribution in [0.3, 0.4) is 0 Å². The summed E-state index contributed by atoms with van der Waals surface area (Å²) in [6.07, 6.45) is 1.55. The molecule has 3 aromatic rings. The Morgan fingerprint density at radius 3 is 2.52 bits per heavy atom. The number of rotatable bonds is 7. The first-order valence-corrected chi connectivity index (χ1v) is 9.37. The Morgan fingerprint density at radius 1 is 1.15 bits per heavy atom. The topological polar surface area (TPSA) is 98.2 Å². The molecule has 0 saturated carbocycles. The van der Waals surface area contributed by atoms with E-state index >= 15 is 0 Å². The van der Waals surface area contributed by atoms with Gasteiger partial charge in [-0.1, -0.05) is 25.6 Å². The molecule has 0 spiro atoms. The molecule has 1 aromatic carbocycles. The van der Waals surface area contributed by atoms with Crippen molar-refractivity contribution in [1.29, 1.82) is 0 Å². The summed E-state index contributed by atoms with van der Waals surface area (Å²) < 4.78 is 10.8. The van der Waals surface area contributed by atoms with E-state index in [1.165, 1.54) is 11.8 Å². The van der Waals surface area contributed by atoms with E-state index < -0.39 is 0 Å². The third-order valence-electron chi connectivity index (χ3n) is 3.82. The van der Waals surface area contributed by atoms with Crippen molar-refractivity contribution in [3.63, 3.8) is 0 Å². The van der Waals surface area contributed by atoms with Crippen LogP contribution in [0.25, 0.3) is 11.5 Å². The van der Waals surface area contributed by atoms with E-state index in [9.17, 15) is 9.59 Å². The van der Waals surface area contributed by atoms with Gasteiger partial charge in [-0.2, -0.15) is 0 Å². The van der Waals surface area contributed by atoms with Gasteiger partial charge >= 0.3 is 0 Å². The number of carbonyl (C=O) groups excluding carboxylic acids is 2. The molecule has 0 unspecified atom stereocenters. The van der Waals surface area contributed by atoms with Crippen LogP contribution >= 0.6 is 11.8 Å². The molecule has 0 aliphatic heterocycles. The molecular weight excluding hydrogens is 366 g/mol. The average Bonchev–Trinajstić information content (AvgIpc) is 3.28. The third kappa shape index (κ3) is 4.65. The van der Waals surface area contributed by atoms with E-state index in [0.29, 0.717) is 28.1 Å². The van der Waals surface area contributed by atoms with Gasteiger partial charge in [0.25, 0.3) is 11.1 Å². The predicted octanol–water partition coefficient (Wildman–Crippen LogP) is 4.21. The second kappa shape index (κ2) is 8.22. The Morgan fingerprint density at radius 2 is 1.89 bits per heavy atom. The Labute approximate surface area is 160 Å². The van der Waals surface area contributed by atoms with Gasteiger partial charge in [0.05, 0.1) is 17.6 Å². The summed E-state index contributed by atoms with van der Waals surface area (Å²) in [4.78, 5) is 24.0. The fourth-order valence-corrected chi connectivity index (χ4v) is 2.88. The summed E-state index contributed by atoms with van der Waals surface area (Å²) in [5, 5.41) is 11.0. The molecule has 3 rings (SSSR count). The minimum absolute atomic E-state index is 0.0651. The first-order valence-electron chi connectivity index (χ1n) is 8.39. The fraction of sp³-hybridized carbons (Fsp3) is 0.263. The molecule has 2 aromatic heterocycles. The molecule has 1 amide bonds. The van der Waals surface area contributed by atoms with Crippen molar-refractivity contribution in [2.24, 2.45) is 5.92 Å². The van der Waals surface area contributed by atoms with Crippen LogP contribution in [0.15, 0.2) is 50.7 Å². The molecule has 0 fully saturated rings. The van der Waals surface area contributed by atoms with Crippen LogP contribution in [0, 0.1) is 12.8 Å². The SMILES string of the molecule is Cc1occc1-c1nnc(SCC(=O)c2ccc(NC(=O)C(C)C)cc2)o1. The largest absolute Gasteiger partial charge is 0.469 e. The van der Waals surface area contributed by atoms with Gasteiger partial charge in [0.15, 0.2) is 5.78 Å². The number of Topliss-reactive ketones (excluding diaryl/α,β-unsaturated/α-hetero) is 1. The van der Waals surface area contributed by atoms with Gasteiger partial charge < -0.3 is 14.2 Å². The fourth-order valence-electron chi connectivity index (χ4n) is 2.22. The lowest BCUT2D eigenvalue weighted by molar-refractivity contribution is -0.118. The summed E-state index contributed by atoms with van der Waals surface area (Å²) in [6, 6.07) is 8.55. The second-order valence-corrected chi connectivity index (χ2v) is 7.12. The lowest BCUT2D eigenvalue weighted by atomic mass is 10.1. The van der Waals surface area contributed by atoms with E-state index in [0.717, 1.165) is 5.56 Å². The quantitative estimate of drug-likeness (QED) is 0.480. The molecular formula is C19H19N3O4S. The highest BCUT2D eigenvalue weighted by molar-refractivity contribution is 7.99. The molecule has 0 saturated heterocycles. The Balaban J connectivity index is 1.57. The molecule has 8 heteroatoms. The van der Waals surface area contributed by atoms with Crippen LogP contribution in [-0.2, 0) is 4.79 Å². The average molecular weight is 385 g/mol. The molecule has 7 nitrogen and oxygen atoms in total. The highest BCUT2D eigenvalue weighted by Gasteiger charge is 2.15. The Hall–Kier alpha value is -2.87. The Bertz CT molecular complexity index is 944. The number of carbonyl (C=O) groups is 2. The van der Waals surface area contributed by atoms with Gasteiger partial charge in [0.1, 0.15) is 5.76 Å². The van der Waals surface area contributed by atoms with Crippen molar-refractivity contribution >= 4 is 29.1 Å². The van der Waals surface area contributed by atoms with Crippen molar-refractivity contribution < 1.29 is 18.4 Å². The number of hydrogen-bond donors (Lipinski definition) is 1. The lowest BCUT2D eigenvalue weighted by Crippen LogP contribution is -2.17. The highest BCUT2D eigenvalue weighted by Crippen LogP contribution is 2.26. The summed E-state index contributed by atoms with van der Waals surface area (Å²) in [6.45, 7) is 5.45. The van der Waals surface area contributed by atoms with Gasteiger partial charge in [0, 0.05) is 17.2 Å². The molecule has 0 aliphatic rings. The summed E-state index contributed by atoms with van der Waals surface area (Å²) in [7, 11) is 0. The van der Waals surface area contributed by atoms with Crippen LogP contribution in [-0.4, -0.2) is 27.6 Å². The zero-order valence-corrected chi connectivity index (χ0v) is 16.0. The number of nitrogens with zero attached hydrogens (tertiary/aromatic N) is 2. The number of nitrogens with one attached hydrogen (secondary N) is 1. The normalized spacial score (nSPS) is 11.0. The molecule has 0 radical (unpaired) electrons. The molecule has 140 valence electrons. The number of amides is 1. The zero-order valence-electron chi connectivity index (χ0n) is 15.2. The van der Waals surface area contributed by atoms with E-state index in [1.54, 1.807) is 36.6 Å². The monoisotopic (exact) mass is 385 g/mol. The van der Waals surface area contributed by atoms with Crippen LogP contribution in [0.2, 0.25) is 0 Å². The van der Waals surface area contributed by atoms with Crippen LogP contribution in [0.1, 0.15) is 30.0 Å². The standard InChI is InChI=1S/C19H19N3O4S/c1-11(2)17(24)20-14-6-4-13(5-7-14)16(23)10-27-19-22-21-18(26-19)15-8-9-25-12(15)3/h4-9,11H,10H2,1-3H3,(H,20,24). The summed E-state index contributed by atoms with van der Waals surface area (Å²) in [5.41, 5.74) is 1.95. The first-order chi connectivity index (χ1) is 12.9. The lowest BCUT2D eigenvalue weighted by Gasteiger charge is -2.08. The van der Waals surface area contributed by atoms with Gasteiger partial charge in [-0.05, 0) is 37.3 Å². The molecule has 27 heavy (non-hydrogen) atoms. The molecule has 0 atom stereocenters. The maximum absolute atomic E-state index is 12.3. The van der Waals surface area contributed by atoms with Gasteiger partial charge in [-0.3, -0.25) is 9.59 Å². The number of thioether (sulfide) groups is 1. The summed E-state index contributed by atoms with van der Waals surface area (Å²) in [5.74, 6) is 0.986. The van der Waals surface area contributed by atoms with Crippen molar-refractivity contribution in [1.82, 2.24) is 10.2 Å². The van der Waals surface area contributed by atoms with E-state index in [1.807, 2.05) is 20.8 Å². The van der Waals surface area contributed by atoms with E-state index in [4.69, 9.17) is 8.83 Å². The number of aromatic nitrogens is 2. The van der Waals surface area contributed by atoms with Gasteiger partial charge in [-0.15, -0.1) is 10.2 Å². The Kier molecular flexibility index (Phi) is 5.75. The number of ketones is 1. The predicted molar refractivity (Wildman–Crippen MR) is 102 cm³/mol. The van der Waals surface area contributed by atoms with Crippen molar-refractivity contribution in [3.8, 4) is 11.5 Å². The number of furan rings is 1. The molecule has 0 bridgehead atoms. The van der Waals surface area contributed by atoms with Crippen molar-refractivity contribution in [2.75, 3.05) is 11.1 Å². The maximum atomic E-state index is 12.3. The summed E-state index contributed by atoms with van der Waals surface area (Å²) >= 11 is 1.18. The molecule has 2 heterocycles. The van der Waals surface area contributed by atoms with Crippen LogP contribution < -0.4 is 5.32 Å². The minimum Gasteiger partial charge on any atom is -0.469 e. The number of benzene rings is 1. The first kappa shape index (κ1) is 18.9. The number of aryl methyl sites for hydroxylation is 1. The third-order valence-corrected chi connectivity index (χ3v) is 4.64. The van der Waals surface area contributed by atoms with E-state index in [-0.39, 0.29) is 23.4 Å². The van der Waals surface area contributed by atoms with Crippen molar-refractivity contribution in [2.45, 2.75) is 26.0 Å². The van der Waals surface area contributed by atoms with Gasteiger partial charge in [-0.25, -0.2) is 0 Å². The number of anilines is 1. The second-order valence-electron chi connectivity index (χ2n) is 6.20. The maximum Gasteiger partial charge on any atom is 0.277 e. The molecule has 0 aliphatic carbocycles. The number of hydrogen-bond acceptors (Lipinski definition) is 7. The minimum atomic E-state index is -0.104. The highest BCUT2D eigenvalue weighted by atomic mass is 32.2.